The van der Waals surface area contributed by atoms with Gasteiger partial charge in [0, 0.05) is 5.39 Å². The molecule has 0 aliphatic heterocycles. The molecule has 6 nitrogen and oxygen atoms in total. The van der Waals surface area contributed by atoms with Gasteiger partial charge in [-0.25, -0.2) is 9.78 Å². The summed E-state index contributed by atoms with van der Waals surface area (Å²) < 4.78 is 0. The predicted octanol–water partition coefficient (Wildman–Crippen LogP) is 2.00. The number of hydrogen-bond donors (Lipinski definition) is 3. The Morgan fingerprint density at radius 2 is 2.10 bits per heavy atom. The van der Waals surface area contributed by atoms with E-state index in [0.29, 0.717) is 28.7 Å². The average Bonchev–Trinajstić information content (AvgIpc) is 2.45. The topological polar surface area (TPSA) is 105 Å². The number of aromatic nitrogens is 1. The molecule has 0 bridgehead atoms. The summed E-state index contributed by atoms with van der Waals surface area (Å²) in [4.78, 5) is 27.1. The second-order valence-electron chi connectivity index (χ2n) is 4.76. The number of nitrogens with two attached hydrogens (primary N) is 1. The van der Waals surface area contributed by atoms with Crippen molar-refractivity contribution < 1.29 is 14.7 Å². The smallest absolute Gasteiger partial charge is 0.326 e. The largest absolute Gasteiger partial charge is 0.480 e. The van der Waals surface area contributed by atoms with Crippen LogP contribution >= 0.6 is 0 Å². The molecular weight excluding hydrogens is 270 g/mol. The monoisotopic (exact) mass is 287 g/mol. The van der Waals surface area contributed by atoms with Crippen molar-refractivity contribution in [2.75, 3.05) is 5.32 Å². The minimum absolute atomic E-state index is 0.323. The van der Waals surface area contributed by atoms with Gasteiger partial charge in [0.2, 0.25) is 5.91 Å². The number of carbonyl (C=O) groups is 2. The van der Waals surface area contributed by atoms with Gasteiger partial charge >= 0.3 is 5.97 Å². The molecule has 2 aromatic rings. The number of nitrogens with one attached hydrogen (secondary N) is 1. The molecule has 1 unspecified atom stereocenters. The number of fused-ring (bicyclic) bond motifs is 1. The van der Waals surface area contributed by atoms with Crippen LogP contribution in [0, 0.1) is 0 Å². The summed E-state index contributed by atoms with van der Waals surface area (Å²) in [6.45, 7) is 1.90. The molecule has 1 aromatic carbocycles. The molecule has 2 rings (SSSR count). The second-order valence-corrected chi connectivity index (χ2v) is 4.76. The summed E-state index contributed by atoms with van der Waals surface area (Å²) in [5, 5.41) is 12.7. The molecule has 0 saturated heterocycles. The Morgan fingerprint density at radius 1 is 1.38 bits per heavy atom. The number of pyridine rings is 1. The average molecular weight is 287 g/mol. The van der Waals surface area contributed by atoms with E-state index in [1.807, 2.05) is 6.92 Å². The predicted molar refractivity (Wildman–Crippen MR) is 80.2 cm³/mol. The van der Waals surface area contributed by atoms with E-state index in [1.165, 1.54) is 6.07 Å². The van der Waals surface area contributed by atoms with Gasteiger partial charge in [-0.1, -0.05) is 31.5 Å². The molecule has 0 aliphatic carbocycles. The quantitative estimate of drug-likeness (QED) is 0.753. The third-order valence-electron chi connectivity index (χ3n) is 3.18. The molecule has 6 heteroatoms. The number of rotatable bonds is 6. The van der Waals surface area contributed by atoms with Gasteiger partial charge in [-0.05, 0) is 18.6 Å². The van der Waals surface area contributed by atoms with Gasteiger partial charge in [0.15, 0.2) is 0 Å². The number of carbonyl (C=O) groups excluding carboxylic acids is 1. The summed E-state index contributed by atoms with van der Waals surface area (Å²) in [5.41, 5.74) is 6.30. The molecule has 0 aliphatic rings. The molecule has 0 spiro atoms. The van der Waals surface area contributed by atoms with Gasteiger partial charge in [0.05, 0.1) is 11.1 Å². The Kier molecular flexibility index (Phi) is 4.37. The van der Waals surface area contributed by atoms with Crippen LogP contribution in [0.3, 0.4) is 0 Å². The Labute approximate surface area is 122 Å². The first kappa shape index (κ1) is 14.8. The highest BCUT2D eigenvalue weighted by molar-refractivity contribution is 6.06. The Bertz CT molecular complexity index is 685. The van der Waals surface area contributed by atoms with Gasteiger partial charge in [-0.3, -0.25) is 4.79 Å². The first-order valence-electron chi connectivity index (χ1n) is 6.72. The van der Waals surface area contributed by atoms with Crippen molar-refractivity contribution in [3.05, 3.63) is 35.9 Å². The number of primary amides is 1. The fourth-order valence-corrected chi connectivity index (χ4v) is 2.18. The highest BCUT2D eigenvalue weighted by atomic mass is 16.4. The number of hydrogen-bond acceptors (Lipinski definition) is 4. The third kappa shape index (κ3) is 3.28. The third-order valence-corrected chi connectivity index (χ3v) is 3.18. The van der Waals surface area contributed by atoms with Gasteiger partial charge in [0.1, 0.15) is 11.9 Å². The highest BCUT2D eigenvalue weighted by Gasteiger charge is 2.18. The minimum Gasteiger partial charge on any atom is -0.480 e. The van der Waals surface area contributed by atoms with E-state index in [4.69, 9.17) is 5.73 Å². The summed E-state index contributed by atoms with van der Waals surface area (Å²) in [7, 11) is 0. The number of nitrogens with zero attached hydrogens (tertiary/aromatic N) is 1. The van der Waals surface area contributed by atoms with E-state index < -0.39 is 17.9 Å². The van der Waals surface area contributed by atoms with Crippen LogP contribution in [0.15, 0.2) is 30.3 Å². The molecule has 0 saturated carbocycles. The maximum atomic E-state index is 11.6. The van der Waals surface area contributed by atoms with Crippen molar-refractivity contribution in [2.24, 2.45) is 5.73 Å². The molecule has 0 fully saturated rings. The van der Waals surface area contributed by atoms with Crippen LogP contribution in [0.2, 0.25) is 0 Å². The summed E-state index contributed by atoms with van der Waals surface area (Å²) in [6, 6.07) is 7.85. The van der Waals surface area contributed by atoms with E-state index in [-0.39, 0.29) is 0 Å². The lowest BCUT2D eigenvalue weighted by atomic mass is 10.1. The Hall–Kier alpha value is -2.63. The number of amides is 1. The first-order chi connectivity index (χ1) is 10.0. The van der Waals surface area contributed by atoms with Crippen LogP contribution in [0.25, 0.3) is 10.9 Å². The van der Waals surface area contributed by atoms with Crippen LogP contribution < -0.4 is 11.1 Å². The lowest BCUT2D eigenvalue weighted by Crippen LogP contribution is -2.29. The number of para-hydroxylation sites is 1. The fourth-order valence-electron chi connectivity index (χ4n) is 2.18. The lowest BCUT2D eigenvalue weighted by molar-refractivity contribution is -0.138. The molecular formula is C15H17N3O3. The van der Waals surface area contributed by atoms with E-state index in [9.17, 15) is 14.7 Å². The summed E-state index contributed by atoms with van der Waals surface area (Å²) in [5.74, 6) is -1.19. The molecule has 110 valence electrons. The minimum atomic E-state index is -0.951. The van der Waals surface area contributed by atoms with Gasteiger partial charge in [0.25, 0.3) is 0 Å². The molecule has 1 heterocycles. The summed E-state index contributed by atoms with van der Waals surface area (Å²) in [6.07, 6.45) is 1.19. The molecule has 0 radical (unpaired) electrons. The van der Waals surface area contributed by atoms with Gasteiger partial charge in [-0.2, -0.15) is 0 Å². The molecule has 4 N–H and O–H groups in total. The second kappa shape index (κ2) is 6.21. The number of anilines is 1. The van der Waals surface area contributed by atoms with Crippen LogP contribution in [-0.4, -0.2) is 28.0 Å². The number of benzene rings is 1. The van der Waals surface area contributed by atoms with Gasteiger partial charge in [-0.15, -0.1) is 0 Å². The van der Waals surface area contributed by atoms with Gasteiger partial charge < -0.3 is 16.2 Å². The van der Waals surface area contributed by atoms with Crippen LogP contribution in [-0.2, 0) is 4.79 Å². The van der Waals surface area contributed by atoms with E-state index in [2.05, 4.69) is 10.3 Å². The SMILES string of the molecule is CCCC(Nc1cc(C(N)=O)c2ccccc2n1)C(=O)O. The Morgan fingerprint density at radius 3 is 2.71 bits per heavy atom. The van der Waals surface area contributed by atoms with E-state index >= 15 is 0 Å². The highest BCUT2D eigenvalue weighted by Crippen LogP contribution is 2.21. The number of aliphatic carboxylic acids is 1. The van der Waals surface area contributed by atoms with E-state index in [1.54, 1.807) is 24.3 Å². The molecule has 1 amide bonds. The maximum Gasteiger partial charge on any atom is 0.326 e. The van der Waals surface area contributed by atoms with Crippen molar-refractivity contribution in [3.63, 3.8) is 0 Å². The van der Waals surface area contributed by atoms with Crippen molar-refractivity contribution in [3.8, 4) is 0 Å². The van der Waals surface area contributed by atoms with Crippen molar-refractivity contribution in [2.45, 2.75) is 25.8 Å². The van der Waals surface area contributed by atoms with Crippen LogP contribution in [0.1, 0.15) is 30.1 Å². The van der Waals surface area contributed by atoms with E-state index in [0.717, 1.165) is 6.42 Å². The number of carboxylic acids is 1. The molecule has 1 aromatic heterocycles. The fraction of sp³-hybridized carbons (Fsp3) is 0.267. The normalized spacial score (nSPS) is 12.0. The van der Waals surface area contributed by atoms with Crippen LogP contribution in [0.5, 0.6) is 0 Å². The lowest BCUT2D eigenvalue weighted by Gasteiger charge is -2.15. The Balaban J connectivity index is 2.45. The maximum absolute atomic E-state index is 11.6. The first-order valence-corrected chi connectivity index (χ1v) is 6.72. The van der Waals surface area contributed by atoms with Crippen LogP contribution in [0.4, 0.5) is 5.82 Å². The summed E-state index contributed by atoms with van der Waals surface area (Å²) >= 11 is 0. The van der Waals surface area contributed by atoms with Crippen molar-refractivity contribution in [1.29, 1.82) is 0 Å². The molecule has 21 heavy (non-hydrogen) atoms. The van der Waals surface area contributed by atoms with Crippen molar-refractivity contribution in [1.82, 2.24) is 4.98 Å². The zero-order valence-corrected chi connectivity index (χ0v) is 11.7. The van der Waals surface area contributed by atoms with Crippen molar-refractivity contribution >= 4 is 28.6 Å². The zero-order chi connectivity index (χ0) is 15.4. The zero-order valence-electron chi connectivity index (χ0n) is 11.7. The number of carboxylic acid groups (broad SMARTS) is 1. The molecule has 1 atom stereocenters. The standard InChI is InChI=1S/C15H17N3O3/c1-2-5-12(15(20)21)18-13-8-10(14(16)19)9-6-3-4-7-11(9)17-13/h3-4,6-8,12H,2,5H2,1H3,(H2,16,19)(H,17,18)(H,20,21).